The van der Waals surface area contributed by atoms with E-state index >= 15 is 0 Å². The molecule has 0 unspecified atom stereocenters. The molecule has 4 rings (SSSR count). The highest BCUT2D eigenvalue weighted by atomic mass is 16.5. The number of carbonyl (C=O) groups excluding carboxylic acids is 1. The van der Waals surface area contributed by atoms with Gasteiger partial charge in [0.2, 0.25) is 11.7 Å². The summed E-state index contributed by atoms with van der Waals surface area (Å²) in [7, 11) is 1.59. The molecule has 2 heterocycles. The third-order valence-electron chi connectivity index (χ3n) is 4.60. The van der Waals surface area contributed by atoms with Gasteiger partial charge in [0.15, 0.2) is 11.5 Å². The van der Waals surface area contributed by atoms with E-state index in [0.29, 0.717) is 29.6 Å². The van der Waals surface area contributed by atoms with Crippen LogP contribution >= 0.6 is 0 Å². The van der Waals surface area contributed by atoms with Crippen LogP contribution < -0.4 is 14.8 Å². The number of imidazole rings is 1. The minimum absolute atomic E-state index is 0.225. The van der Waals surface area contributed by atoms with E-state index in [1.807, 2.05) is 72.2 Å². The smallest absolute Gasteiger partial charge is 0.248 e. The number of carbonyl (C=O) groups is 1. The predicted octanol–water partition coefficient (Wildman–Crippen LogP) is 4.46. The van der Waals surface area contributed by atoms with Crippen LogP contribution in [0.4, 0.5) is 5.69 Å². The van der Waals surface area contributed by atoms with Crippen molar-refractivity contribution in [3.63, 3.8) is 0 Å². The van der Waals surface area contributed by atoms with Gasteiger partial charge in [-0.15, -0.1) is 0 Å². The minimum Gasteiger partial charge on any atom is -0.493 e. The number of fused-ring (bicyclic) bond motifs is 1. The van der Waals surface area contributed by atoms with Crippen molar-refractivity contribution in [1.82, 2.24) is 14.4 Å². The first-order valence-electron chi connectivity index (χ1n) is 9.86. The molecule has 0 aliphatic heterocycles. The maximum absolute atomic E-state index is 12.3. The van der Waals surface area contributed by atoms with Crippen molar-refractivity contribution in [2.75, 3.05) is 19.0 Å². The number of benzene rings is 2. The summed E-state index contributed by atoms with van der Waals surface area (Å²) >= 11 is 0. The molecule has 0 saturated carbocycles. The monoisotopic (exact) mass is 414 g/mol. The van der Waals surface area contributed by atoms with E-state index in [2.05, 4.69) is 15.3 Å². The lowest BCUT2D eigenvalue weighted by Crippen LogP contribution is -2.07. The number of anilines is 1. The highest BCUT2D eigenvalue weighted by Gasteiger charge is 2.06. The molecule has 7 heteroatoms. The Morgan fingerprint density at radius 3 is 2.74 bits per heavy atom. The van der Waals surface area contributed by atoms with Crippen molar-refractivity contribution in [3.8, 4) is 22.8 Å². The van der Waals surface area contributed by atoms with Gasteiger partial charge in [-0.3, -0.25) is 9.20 Å². The number of hydrogen-bond donors (Lipinski definition) is 1. The zero-order valence-electron chi connectivity index (χ0n) is 17.3. The van der Waals surface area contributed by atoms with E-state index in [1.54, 1.807) is 19.4 Å². The quantitative estimate of drug-likeness (QED) is 0.452. The fourth-order valence-corrected chi connectivity index (χ4v) is 3.11. The van der Waals surface area contributed by atoms with E-state index in [0.717, 1.165) is 16.8 Å². The summed E-state index contributed by atoms with van der Waals surface area (Å²) in [4.78, 5) is 21.0. The molecule has 0 atom stereocenters. The molecule has 7 nitrogen and oxygen atoms in total. The van der Waals surface area contributed by atoms with Gasteiger partial charge in [-0.1, -0.05) is 18.2 Å². The Morgan fingerprint density at radius 2 is 2.00 bits per heavy atom. The lowest BCUT2D eigenvalue weighted by molar-refractivity contribution is -0.111. The third-order valence-corrected chi connectivity index (χ3v) is 4.60. The van der Waals surface area contributed by atoms with Crippen molar-refractivity contribution in [2.24, 2.45) is 0 Å². The maximum Gasteiger partial charge on any atom is 0.248 e. The Bertz CT molecular complexity index is 1200. The lowest BCUT2D eigenvalue weighted by Gasteiger charge is -2.09. The average molecular weight is 414 g/mol. The first-order valence-corrected chi connectivity index (χ1v) is 9.86. The molecular formula is C24H22N4O3. The summed E-state index contributed by atoms with van der Waals surface area (Å²) in [5.74, 6) is 1.72. The van der Waals surface area contributed by atoms with Crippen molar-refractivity contribution in [1.29, 1.82) is 0 Å². The highest BCUT2D eigenvalue weighted by molar-refractivity contribution is 6.02. The van der Waals surface area contributed by atoms with Gasteiger partial charge in [0, 0.05) is 35.9 Å². The molecule has 4 aromatic rings. The lowest BCUT2D eigenvalue weighted by atomic mass is 10.1. The molecule has 0 fully saturated rings. The van der Waals surface area contributed by atoms with E-state index in [1.165, 1.54) is 6.08 Å². The summed E-state index contributed by atoms with van der Waals surface area (Å²) in [6.07, 6.45) is 8.74. The summed E-state index contributed by atoms with van der Waals surface area (Å²) < 4.78 is 12.7. The second-order valence-corrected chi connectivity index (χ2v) is 6.70. The third kappa shape index (κ3) is 4.72. The molecule has 0 saturated heterocycles. The number of hydrogen-bond acceptors (Lipinski definition) is 5. The second-order valence-electron chi connectivity index (χ2n) is 6.70. The average Bonchev–Trinajstić information content (AvgIpc) is 3.23. The maximum atomic E-state index is 12.3. The number of ether oxygens (including phenoxy) is 2. The normalized spacial score (nSPS) is 11.0. The molecule has 0 radical (unpaired) electrons. The van der Waals surface area contributed by atoms with Gasteiger partial charge in [-0.25, -0.2) is 9.97 Å². The van der Waals surface area contributed by atoms with Crippen LogP contribution in [0.1, 0.15) is 12.5 Å². The fourth-order valence-electron chi connectivity index (χ4n) is 3.11. The van der Waals surface area contributed by atoms with Crippen molar-refractivity contribution < 1.29 is 14.3 Å². The van der Waals surface area contributed by atoms with Gasteiger partial charge < -0.3 is 14.8 Å². The Kier molecular flexibility index (Phi) is 5.93. The molecular weight excluding hydrogens is 392 g/mol. The Balaban J connectivity index is 1.41. The van der Waals surface area contributed by atoms with Crippen molar-refractivity contribution in [2.45, 2.75) is 6.92 Å². The molecule has 0 aliphatic carbocycles. The molecule has 0 aliphatic rings. The molecule has 0 spiro atoms. The summed E-state index contributed by atoms with van der Waals surface area (Å²) in [5.41, 5.74) is 3.30. The van der Waals surface area contributed by atoms with Crippen LogP contribution in [0.3, 0.4) is 0 Å². The zero-order valence-corrected chi connectivity index (χ0v) is 17.3. The van der Waals surface area contributed by atoms with Gasteiger partial charge in [0.05, 0.1) is 19.4 Å². The van der Waals surface area contributed by atoms with Gasteiger partial charge in [0.25, 0.3) is 0 Å². The van der Waals surface area contributed by atoms with Crippen molar-refractivity contribution in [3.05, 3.63) is 78.8 Å². The zero-order chi connectivity index (χ0) is 21.6. The Hall–Kier alpha value is -4.13. The van der Waals surface area contributed by atoms with E-state index in [4.69, 9.17) is 9.47 Å². The molecule has 31 heavy (non-hydrogen) atoms. The first kappa shape index (κ1) is 20.2. The van der Waals surface area contributed by atoms with Gasteiger partial charge in [0.1, 0.15) is 0 Å². The topological polar surface area (TPSA) is 77.8 Å². The van der Waals surface area contributed by atoms with Gasteiger partial charge in [-0.2, -0.15) is 0 Å². The van der Waals surface area contributed by atoms with E-state index in [-0.39, 0.29) is 5.91 Å². The number of aromatic nitrogens is 3. The summed E-state index contributed by atoms with van der Waals surface area (Å²) in [6, 6.07) is 14.9. The number of rotatable bonds is 7. The standard InChI is InChI=1S/C24H22N4O3/c1-3-31-21-11-5-17(15-22(21)30-2)6-12-23(29)26-19-9-7-18(8-10-19)20-16-28-14-4-13-25-24(28)27-20/h4-16H,3H2,1-2H3,(H,26,29)/b12-6+. The van der Waals surface area contributed by atoms with Crippen LogP contribution in [0.5, 0.6) is 11.5 Å². The predicted molar refractivity (Wildman–Crippen MR) is 120 cm³/mol. The Morgan fingerprint density at radius 1 is 1.16 bits per heavy atom. The van der Waals surface area contributed by atoms with Gasteiger partial charge >= 0.3 is 0 Å². The van der Waals surface area contributed by atoms with Crippen LogP contribution in [0.2, 0.25) is 0 Å². The first-order chi connectivity index (χ1) is 15.2. The molecule has 2 aromatic carbocycles. The highest BCUT2D eigenvalue weighted by Crippen LogP contribution is 2.28. The largest absolute Gasteiger partial charge is 0.493 e. The van der Waals surface area contributed by atoms with E-state index in [9.17, 15) is 4.79 Å². The van der Waals surface area contributed by atoms with Crippen LogP contribution in [-0.4, -0.2) is 34.0 Å². The van der Waals surface area contributed by atoms with Gasteiger partial charge in [-0.05, 0) is 48.9 Å². The Labute approximate surface area is 180 Å². The number of methoxy groups -OCH3 is 1. The number of nitrogens with zero attached hydrogens (tertiary/aromatic N) is 3. The molecule has 0 bridgehead atoms. The molecule has 156 valence electrons. The summed E-state index contributed by atoms with van der Waals surface area (Å²) in [6.45, 7) is 2.47. The second kappa shape index (κ2) is 9.13. The van der Waals surface area contributed by atoms with Crippen LogP contribution in [0.25, 0.3) is 23.1 Å². The fraction of sp³-hybridized carbons (Fsp3) is 0.125. The number of nitrogens with one attached hydrogen (secondary N) is 1. The molecule has 1 amide bonds. The molecule has 1 N–H and O–H groups in total. The van der Waals surface area contributed by atoms with Crippen LogP contribution in [0, 0.1) is 0 Å². The van der Waals surface area contributed by atoms with Crippen LogP contribution in [-0.2, 0) is 4.79 Å². The minimum atomic E-state index is -0.225. The summed E-state index contributed by atoms with van der Waals surface area (Å²) in [5, 5.41) is 2.86. The van der Waals surface area contributed by atoms with Crippen LogP contribution in [0.15, 0.2) is 73.2 Å². The molecule has 2 aromatic heterocycles. The number of amides is 1. The van der Waals surface area contributed by atoms with E-state index < -0.39 is 0 Å². The SMILES string of the molecule is CCOc1ccc(/C=C/C(=O)Nc2ccc(-c3cn4cccnc4n3)cc2)cc1OC. The van der Waals surface area contributed by atoms with Crippen molar-refractivity contribution >= 4 is 23.4 Å².